The Morgan fingerprint density at radius 3 is 2.58 bits per heavy atom. The van der Waals surface area contributed by atoms with Crippen molar-refractivity contribution in [2.75, 3.05) is 6.54 Å². The van der Waals surface area contributed by atoms with Gasteiger partial charge in [-0.25, -0.2) is 0 Å². The van der Waals surface area contributed by atoms with Crippen molar-refractivity contribution in [3.05, 3.63) is 0 Å². The fraction of sp³-hybridized carbons (Fsp3) is 0.875. The van der Waals surface area contributed by atoms with Gasteiger partial charge in [0.25, 0.3) is 0 Å². The zero-order valence-electron chi connectivity index (χ0n) is 7.40. The highest BCUT2D eigenvalue weighted by Gasteiger charge is 2.33. The van der Waals surface area contributed by atoms with E-state index in [1.807, 2.05) is 0 Å². The van der Waals surface area contributed by atoms with Gasteiger partial charge in [-0.05, 0) is 13.3 Å². The van der Waals surface area contributed by atoms with Crippen molar-refractivity contribution in [2.24, 2.45) is 0 Å². The van der Waals surface area contributed by atoms with Gasteiger partial charge in [0.2, 0.25) is 5.91 Å². The minimum atomic E-state index is -0.803. The van der Waals surface area contributed by atoms with Crippen molar-refractivity contribution in [3.8, 4) is 0 Å². The third kappa shape index (κ3) is 1.59. The number of aliphatic hydroxyl groups excluding tert-OH is 2. The SMILES string of the molecule is CC(=O)N1CC[C@@H](O)[C@H](O)[C@H]1C. The molecule has 1 rings (SSSR count). The van der Waals surface area contributed by atoms with Gasteiger partial charge in [0.1, 0.15) is 6.10 Å². The number of hydrogen-bond donors (Lipinski definition) is 2. The number of rotatable bonds is 0. The highest BCUT2D eigenvalue weighted by atomic mass is 16.3. The molecule has 1 fully saturated rings. The first kappa shape index (κ1) is 9.48. The van der Waals surface area contributed by atoms with Crippen LogP contribution in [0, 0.1) is 0 Å². The van der Waals surface area contributed by atoms with Crippen molar-refractivity contribution < 1.29 is 15.0 Å². The fourth-order valence-electron chi connectivity index (χ4n) is 1.60. The van der Waals surface area contributed by atoms with Crippen molar-refractivity contribution in [1.82, 2.24) is 4.90 Å². The van der Waals surface area contributed by atoms with Crippen LogP contribution in [0.4, 0.5) is 0 Å². The summed E-state index contributed by atoms with van der Waals surface area (Å²) in [6.45, 7) is 3.75. The lowest BCUT2D eigenvalue weighted by molar-refractivity contribution is -0.141. The first-order valence-corrected chi connectivity index (χ1v) is 4.17. The smallest absolute Gasteiger partial charge is 0.219 e. The monoisotopic (exact) mass is 173 g/mol. The first-order valence-electron chi connectivity index (χ1n) is 4.17. The summed E-state index contributed by atoms with van der Waals surface area (Å²) >= 11 is 0. The van der Waals surface area contributed by atoms with Crippen LogP contribution >= 0.6 is 0 Å². The average molecular weight is 173 g/mol. The molecule has 0 aliphatic carbocycles. The summed E-state index contributed by atoms with van der Waals surface area (Å²) in [4.78, 5) is 12.6. The van der Waals surface area contributed by atoms with Crippen LogP contribution in [-0.4, -0.2) is 45.8 Å². The zero-order valence-corrected chi connectivity index (χ0v) is 7.40. The number of amides is 1. The van der Waals surface area contributed by atoms with Crippen LogP contribution in [0.3, 0.4) is 0 Å². The Labute approximate surface area is 71.8 Å². The lowest BCUT2D eigenvalue weighted by Gasteiger charge is -2.39. The van der Waals surface area contributed by atoms with Crippen LogP contribution in [0.2, 0.25) is 0 Å². The molecular formula is C8H15NO3. The van der Waals surface area contributed by atoms with Crippen molar-refractivity contribution in [2.45, 2.75) is 38.5 Å². The van der Waals surface area contributed by atoms with Crippen LogP contribution in [0.5, 0.6) is 0 Å². The van der Waals surface area contributed by atoms with E-state index >= 15 is 0 Å². The number of carbonyl (C=O) groups is 1. The van der Waals surface area contributed by atoms with Crippen molar-refractivity contribution >= 4 is 5.91 Å². The molecule has 12 heavy (non-hydrogen) atoms. The molecule has 1 aliphatic rings. The molecule has 4 heteroatoms. The van der Waals surface area contributed by atoms with Gasteiger partial charge in [0.05, 0.1) is 12.1 Å². The molecule has 0 aromatic carbocycles. The van der Waals surface area contributed by atoms with Gasteiger partial charge in [0, 0.05) is 13.5 Å². The van der Waals surface area contributed by atoms with Crippen molar-refractivity contribution in [1.29, 1.82) is 0 Å². The Hall–Kier alpha value is -0.610. The average Bonchev–Trinajstić information content (AvgIpc) is 2.00. The fourth-order valence-corrected chi connectivity index (χ4v) is 1.60. The van der Waals surface area contributed by atoms with Crippen molar-refractivity contribution in [3.63, 3.8) is 0 Å². The highest BCUT2D eigenvalue weighted by molar-refractivity contribution is 5.73. The second-order valence-electron chi connectivity index (χ2n) is 3.30. The Morgan fingerprint density at radius 2 is 2.08 bits per heavy atom. The molecule has 2 N–H and O–H groups in total. The number of nitrogens with zero attached hydrogens (tertiary/aromatic N) is 1. The summed E-state index contributed by atoms with van der Waals surface area (Å²) in [5, 5.41) is 18.7. The van der Waals surface area contributed by atoms with E-state index in [2.05, 4.69) is 0 Å². The molecular weight excluding hydrogens is 158 g/mol. The molecule has 0 aromatic heterocycles. The summed E-state index contributed by atoms with van der Waals surface area (Å²) in [6.07, 6.45) is -1.02. The molecule has 0 unspecified atom stereocenters. The molecule has 0 spiro atoms. The van der Waals surface area contributed by atoms with Crippen LogP contribution in [0.25, 0.3) is 0 Å². The Bertz CT molecular complexity index is 183. The quantitative estimate of drug-likeness (QED) is 0.511. The minimum absolute atomic E-state index is 0.0477. The molecule has 1 heterocycles. The lowest BCUT2D eigenvalue weighted by Crippen LogP contribution is -2.54. The Balaban J connectivity index is 2.65. The van der Waals surface area contributed by atoms with Gasteiger partial charge in [-0.1, -0.05) is 0 Å². The summed E-state index contributed by atoms with van der Waals surface area (Å²) in [5.74, 6) is -0.0477. The summed E-state index contributed by atoms with van der Waals surface area (Å²) < 4.78 is 0. The number of aliphatic hydroxyl groups is 2. The largest absolute Gasteiger partial charge is 0.390 e. The molecule has 1 aliphatic heterocycles. The zero-order chi connectivity index (χ0) is 9.30. The second-order valence-corrected chi connectivity index (χ2v) is 3.30. The van der Waals surface area contributed by atoms with Gasteiger partial charge < -0.3 is 15.1 Å². The van der Waals surface area contributed by atoms with Gasteiger partial charge in [-0.3, -0.25) is 4.79 Å². The summed E-state index contributed by atoms with van der Waals surface area (Å²) in [6, 6.07) is -0.272. The molecule has 4 nitrogen and oxygen atoms in total. The molecule has 1 saturated heterocycles. The number of hydrogen-bond acceptors (Lipinski definition) is 3. The number of piperidine rings is 1. The minimum Gasteiger partial charge on any atom is -0.390 e. The predicted octanol–water partition coefficient (Wildman–Crippen LogP) is -0.651. The maximum Gasteiger partial charge on any atom is 0.219 e. The maximum absolute atomic E-state index is 11.0. The first-order chi connectivity index (χ1) is 5.54. The van der Waals surface area contributed by atoms with E-state index in [1.54, 1.807) is 11.8 Å². The van der Waals surface area contributed by atoms with E-state index < -0.39 is 12.2 Å². The molecule has 70 valence electrons. The molecule has 0 saturated carbocycles. The third-order valence-electron chi connectivity index (χ3n) is 2.45. The topological polar surface area (TPSA) is 60.8 Å². The molecule has 0 aromatic rings. The summed E-state index contributed by atoms with van der Waals surface area (Å²) in [5.41, 5.74) is 0. The maximum atomic E-state index is 11.0. The number of likely N-dealkylation sites (tertiary alicyclic amines) is 1. The molecule has 0 radical (unpaired) electrons. The molecule has 3 atom stereocenters. The van der Waals surface area contributed by atoms with Crippen LogP contribution in [0.1, 0.15) is 20.3 Å². The van der Waals surface area contributed by atoms with Gasteiger partial charge in [0.15, 0.2) is 0 Å². The van der Waals surface area contributed by atoms with E-state index in [4.69, 9.17) is 0 Å². The molecule has 0 bridgehead atoms. The van der Waals surface area contributed by atoms with Gasteiger partial charge in [-0.2, -0.15) is 0 Å². The highest BCUT2D eigenvalue weighted by Crippen LogP contribution is 2.17. The Kier molecular flexibility index (Phi) is 2.69. The normalized spacial score (nSPS) is 36.7. The van der Waals surface area contributed by atoms with E-state index in [0.717, 1.165) is 0 Å². The third-order valence-corrected chi connectivity index (χ3v) is 2.45. The van der Waals surface area contributed by atoms with Crippen LogP contribution < -0.4 is 0 Å². The van der Waals surface area contributed by atoms with E-state index in [9.17, 15) is 15.0 Å². The second kappa shape index (κ2) is 3.41. The van der Waals surface area contributed by atoms with E-state index in [0.29, 0.717) is 13.0 Å². The predicted molar refractivity (Wildman–Crippen MR) is 43.5 cm³/mol. The summed E-state index contributed by atoms with van der Waals surface area (Å²) in [7, 11) is 0. The van der Waals surface area contributed by atoms with Gasteiger partial charge >= 0.3 is 0 Å². The standard InChI is InChI=1S/C8H15NO3/c1-5-8(12)7(11)3-4-9(5)6(2)10/h5,7-8,11-12H,3-4H2,1-2H3/t5-,7-,8-/m1/s1. The Morgan fingerprint density at radius 1 is 1.50 bits per heavy atom. The van der Waals surface area contributed by atoms with Crippen LogP contribution in [-0.2, 0) is 4.79 Å². The lowest BCUT2D eigenvalue weighted by atomic mass is 9.97. The van der Waals surface area contributed by atoms with Crippen LogP contribution in [0.15, 0.2) is 0 Å². The van der Waals surface area contributed by atoms with Gasteiger partial charge in [-0.15, -0.1) is 0 Å². The molecule has 1 amide bonds. The number of carbonyl (C=O) groups excluding carboxylic acids is 1. The van der Waals surface area contributed by atoms with E-state index in [1.165, 1.54) is 6.92 Å². The van der Waals surface area contributed by atoms with E-state index in [-0.39, 0.29) is 11.9 Å².